The molecule has 4 amide bonds. The summed E-state index contributed by atoms with van der Waals surface area (Å²) >= 11 is 0. The monoisotopic (exact) mass is 354 g/mol. The number of carbonyl (C=O) groups is 3. The number of fused-ring (bicyclic) bond motifs is 2. The van der Waals surface area contributed by atoms with Gasteiger partial charge in [-0.3, -0.25) is 10.0 Å². The maximum Gasteiger partial charge on any atom is 0.410 e. The van der Waals surface area contributed by atoms with Crippen molar-refractivity contribution in [2.75, 3.05) is 19.6 Å². The molecule has 25 heavy (non-hydrogen) atoms. The number of urea groups is 1. The SMILES string of the molecule is CC(C)(C)OC(=O)N1CC[C@H](NC(=O)[C@@H]2CC[C@@H]3CN2C(=O)N3O)C1. The molecule has 140 valence electrons. The molecule has 0 unspecified atom stereocenters. The van der Waals surface area contributed by atoms with E-state index in [4.69, 9.17) is 4.74 Å². The van der Waals surface area contributed by atoms with Gasteiger partial charge in [-0.25, -0.2) is 14.7 Å². The number of ether oxygens (including phenoxy) is 1. The van der Waals surface area contributed by atoms with E-state index < -0.39 is 17.7 Å². The van der Waals surface area contributed by atoms with Crippen LogP contribution in [-0.2, 0) is 9.53 Å². The summed E-state index contributed by atoms with van der Waals surface area (Å²) in [6.07, 6.45) is 1.41. The first-order chi connectivity index (χ1) is 11.7. The molecular weight excluding hydrogens is 328 g/mol. The lowest BCUT2D eigenvalue weighted by atomic mass is 10.00. The van der Waals surface area contributed by atoms with Crippen molar-refractivity contribution in [2.45, 2.75) is 63.8 Å². The highest BCUT2D eigenvalue weighted by Gasteiger charge is 2.47. The zero-order chi connectivity index (χ0) is 18.4. The maximum absolute atomic E-state index is 12.6. The lowest BCUT2D eigenvalue weighted by molar-refractivity contribution is -0.126. The Morgan fingerprint density at radius 1 is 1.20 bits per heavy atom. The normalized spacial score (nSPS) is 29.2. The van der Waals surface area contributed by atoms with Crippen LogP contribution in [0.15, 0.2) is 0 Å². The van der Waals surface area contributed by atoms with Gasteiger partial charge in [0.2, 0.25) is 5.91 Å². The Hall–Kier alpha value is -2.03. The van der Waals surface area contributed by atoms with Gasteiger partial charge in [0.15, 0.2) is 0 Å². The van der Waals surface area contributed by atoms with Crippen LogP contribution in [0.4, 0.5) is 9.59 Å². The molecule has 0 aromatic carbocycles. The van der Waals surface area contributed by atoms with Crippen LogP contribution in [0, 0.1) is 0 Å². The largest absolute Gasteiger partial charge is 0.444 e. The van der Waals surface area contributed by atoms with Gasteiger partial charge in [0, 0.05) is 25.7 Å². The van der Waals surface area contributed by atoms with Crippen LogP contribution in [0.3, 0.4) is 0 Å². The Balaban J connectivity index is 1.53. The number of amides is 4. The van der Waals surface area contributed by atoms with E-state index in [0.29, 0.717) is 38.9 Å². The lowest BCUT2D eigenvalue weighted by Gasteiger charge is -2.30. The number of piperidine rings is 1. The second-order valence-electron chi connectivity index (χ2n) is 7.95. The summed E-state index contributed by atoms with van der Waals surface area (Å²) in [4.78, 5) is 39.6. The Morgan fingerprint density at radius 2 is 1.92 bits per heavy atom. The molecule has 3 aliphatic rings. The first-order valence-corrected chi connectivity index (χ1v) is 8.73. The second kappa shape index (κ2) is 6.36. The molecule has 9 nitrogen and oxygen atoms in total. The third-order valence-electron chi connectivity index (χ3n) is 4.83. The average Bonchev–Trinajstić information content (AvgIpc) is 3.06. The minimum absolute atomic E-state index is 0.152. The summed E-state index contributed by atoms with van der Waals surface area (Å²) in [5.74, 6) is -0.224. The summed E-state index contributed by atoms with van der Waals surface area (Å²) in [6.45, 7) is 6.74. The van der Waals surface area contributed by atoms with Crippen molar-refractivity contribution in [1.29, 1.82) is 0 Å². The van der Waals surface area contributed by atoms with Gasteiger partial charge in [0.05, 0.1) is 6.04 Å². The average molecular weight is 354 g/mol. The Bertz CT molecular complexity index is 575. The molecule has 3 aliphatic heterocycles. The minimum Gasteiger partial charge on any atom is -0.444 e. The number of rotatable bonds is 2. The quantitative estimate of drug-likeness (QED) is 0.713. The van der Waals surface area contributed by atoms with E-state index >= 15 is 0 Å². The van der Waals surface area contributed by atoms with Gasteiger partial charge >= 0.3 is 12.1 Å². The Kier molecular flexibility index (Phi) is 4.52. The van der Waals surface area contributed by atoms with Crippen molar-refractivity contribution in [3.8, 4) is 0 Å². The Morgan fingerprint density at radius 3 is 2.60 bits per heavy atom. The van der Waals surface area contributed by atoms with Gasteiger partial charge in [-0.2, -0.15) is 0 Å². The van der Waals surface area contributed by atoms with E-state index in [-0.39, 0.29) is 24.1 Å². The van der Waals surface area contributed by atoms with Crippen LogP contribution in [0.2, 0.25) is 0 Å². The van der Waals surface area contributed by atoms with Crippen LogP contribution < -0.4 is 5.32 Å². The van der Waals surface area contributed by atoms with Crippen molar-refractivity contribution in [1.82, 2.24) is 20.2 Å². The van der Waals surface area contributed by atoms with Crippen LogP contribution >= 0.6 is 0 Å². The fourth-order valence-corrected chi connectivity index (χ4v) is 3.59. The molecule has 0 saturated carbocycles. The van der Waals surface area contributed by atoms with Gasteiger partial charge in [0.25, 0.3) is 0 Å². The molecule has 3 saturated heterocycles. The fourth-order valence-electron chi connectivity index (χ4n) is 3.59. The molecule has 3 fully saturated rings. The van der Waals surface area contributed by atoms with Gasteiger partial charge < -0.3 is 19.9 Å². The molecule has 0 aromatic rings. The number of hydroxylamine groups is 2. The van der Waals surface area contributed by atoms with Gasteiger partial charge in [0.1, 0.15) is 11.6 Å². The Labute approximate surface area is 146 Å². The minimum atomic E-state index is -0.559. The van der Waals surface area contributed by atoms with E-state index in [1.165, 1.54) is 4.90 Å². The summed E-state index contributed by atoms with van der Waals surface area (Å²) in [7, 11) is 0. The molecule has 2 bridgehead atoms. The highest BCUT2D eigenvalue weighted by Crippen LogP contribution is 2.28. The topological polar surface area (TPSA) is 102 Å². The van der Waals surface area contributed by atoms with E-state index in [1.54, 1.807) is 4.90 Å². The molecule has 9 heteroatoms. The zero-order valence-corrected chi connectivity index (χ0v) is 14.9. The van der Waals surface area contributed by atoms with Crippen LogP contribution in [0.5, 0.6) is 0 Å². The molecule has 0 aliphatic carbocycles. The first kappa shape index (κ1) is 17.8. The van der Waals surface area contributed by atoms with Gasteiger partial charge in [-0.05, 0) is 40.0 Å². The second-order valence-corrected chi connectivity index (χ2v) is 7.95. The fraction of sp³-hybridized carbons (Fsp3) is 0.812. The molecule has 3 atom stereocenters. The molecule has 0 aromatic heterocycles. The predicted molar refractivity (Wildman–Crippen MR) is 86.9 cm³/mol. The van der Waals surface area contributed by atoms with Gasteiger partial charge in [-0.15, -0.1) is 0 Å². The standard InChI is InChI=1S/C16H26N4O5/c1-16(2,3)25-15(23)18-7-6-10(8-18)17-13(21)12-5-4-11-9-19(12)14(22)20(11)24/h10-12,24H,4-9H2,1-3H3,(H,17,21)/t10-,11+,12-/m0/s1. The van der Waals surface area contributed by atoms with Crippen molar-refractivity contribution < 1.29 is 24.3 Å². The maximum atomic E-state index is 12.6. The van der Waals surface area contributed by atoms with Crippen LogP contribution in [-0.4, -0.2) is 81.5 Å². The highest BCUT2D eigenvalue weighted by molar-refractivity contribution is 5.88. The smallest absolute Gasteiger partial charge is 0.410 e. The summed E-state index contributed by atoms with van der Waals surface area (Å²) in [5.41, 5.74) is -0.552. The van der Waals surface area contributed by atoms with Crippen molar-refractivity contribution in [2.24, 2.45) is 0 Å². The molecule has 0 spiro atoms. The van der Waals surface area contributed by atoms with E-state index in [0.717, 1.165) is 5.06 Å². The van der Waals surface area contributed by atoms with E-state index in [1.807, 2.05) is 20.8 Å². The molecule has 0 radical (unpaired) electrons. The molecule has 3 heterocycles. The predicted octanol–water partition coefficient (Wildman–Crippen LogP) is 0.770. The summed E-state index contributed by atoms with van der Waals surface area (Å²) in [5, 5.41) is 13.4. The van der Waals surface area contributed by atoms with Crippen molar-refractivity contribution >= 4 is 18.0 Å². The number of carbonyl (C=O) groups excluding carboxylic acids is 3. The lowest BCUT2D eigenvalue weighted by Crippen LogP contribution is -2.52. The van der Waals surface area contributed by atoms with E-state index in [9.17, 15) is 19.6 Å². The van der Waals surface area contributed by atoms with Crippen LogP contribution in [0.1, 0.15) is 40.0 Å². The van der Waals surface area contributed by atoms with Crippen molar-refractivity contribution in [3.63, 3.8) is 0 Å². The number of nitrogens with one attached hydrogen (secondary N) is 1. The third kappa shape index (κ3) is 3.65. The third-order valence-corrected chi connectivity index (χ3v) is 4.83. The number of hydrogen-bond acceptors (Lipinski definition) is 5. The van der Waals surface area contributed by atoms with Gasteiger partial charge in [-0.1, -0.05) is 0 Å². The van der Waals surface area contributed by atoms with E-state index in [2.05, 4.69) is 5.32 Å². The molecule has 2 N–H and O–H groups in total. The van der Waals surface area contributed by atoms with Crippen LogP contribution in [0.25, 0.3) is 0 Å². The zero-order valence-electron chi connectivity index (χ0n) is 14.9. The summed E-state index contributed by atoms with van der Waals surface area (Å²) < 4.78 is 5.35. The highest BCUT2D eigenvalue weighted by atomic mass is 16.6. The number of likely N-dealkylation sites (tertiary alicyclic amines) is 1. The number of hydrogen-bond donors (Lipinski definition) is 2. The van der Waals surface area contributed by atoms with Crippen molar-refractivity contribution in [3.05, 3.63) is 0 Å². The summed E-state index contributed by atoms with van der Waals surface area (Å²) in [6, 6.07) is -1.44. The number of nitrogens with zero attached hydrogens (tertiary/aromatic N) is 3. The molecule has 3 rings (SSSR count). The molecular formula is C16H26N4O5. The first-order valence-electron chi connectivity index (χ1n) is 8.73.